The van der Waals surface area contributed by atoms with Crippen LogP contribution in [0.4, 0.5) is 17.1 Å². The number of carbonyl (C=O) groups excluding carboxylic acids is 1. The van der Waals surface area contributed by atoms with Crippen molar-refractivity contribution in [2.75, 3.05) is 30.8 Å². The Morgan fingerprint density at radius 1 is 1.48 bits per heavy atom. The van der Waals surface area contributed by atoms with E-state index in [4.69, 9.17) is 0 Å². The summed E-state index contributed by atoms with van der Waals surface area (Å²) in [5.41, 5.74) is 1.79. The van der Waals surface area contributed by atoms with E-state index in [1.165, 1.54) is 6.07 Å². The standard InChI is InChI=1S/C14H20N4O3/c1-9(2)17(3)5-4-15-12-8-11-10(7-14(19)16-11)6-13(12)18(20)21/h6,8-9,15H,4-5,7H2,1-3H3,(H,16,19). The minimum Gasteiger partial charge on any atom is -0.378 e. The molecule has 0 fully saturated rings. The molecule has 2 rings (SSSR count). The molecule has 0 unspecified atom stereocenters. The number of benzene rings is 1. The van der Waals surface area contributed by atoms with Crippen molar-refractivity contribution in [1.82, 2.24) is 4.90 Å². The number of hydrogen-bond donors (Lipinski definition) is 2. The number of nitrogens with one attached hydrogen (secondary N) is 2. The van der Waals surface area contributed by atoms with Gasteiger partial charge in [0.15, 0.2) is 0 Å². The summed E-state index contributed by atoms with van der Waals surface area (Å²) < 4.78 is 0. The number of rotatable bonds is 6. The van der Waals surface area contributed by atoms with Crippen LogP contribution < -0.4 is 10.6 Å². The van der Waals surface area contributed by atoms with E-state index in [1.54, 1.807) is 6.07 Å². The molecular weight excluding hydrogens is 272 g/mol. The van der Waals surface area contributed by atoms with E-state index in [0.717, 1.165) is 6.54 Å². The first-order chi connectivity index (χ1) is 9.88. The van der Waals surface area contributed by atoms with Gasteiger partial charge in [0, 0.05) is 30.9 Å². The molecule has 1 heterocycles. The smallest absolute Gasteiger partial charge is 0.292 e. The Hall–Kier alpha value is -2.15. The van der Waals surface area contributed by atoms with E-state index in [-0.39, 0.29) is 18.0 Å². The second-order valence-corrected chi connectivity index (χ2v) is 5.51. The molecule has 0 bridgehead atoms. The highest BCUT2D eigenvalue weighted by Crippen LogP contribution is 2.34. The van der Waals surface area contributed by atoms with Crippen LogP contribution in [0.1, 0.15) is 19.4 Å². The summed E-state index contributed by atoms with van der Waals surface area (Å²) in [6.45, 7) is 5.56. The van der Waals surface area contributed by atoms with Gasteiger partial charge >= 0.3 is 0 Å². The van der Waals surface area contributed by atoms with Crippen LogP contribution in [-0.4, -0.2) is 41.9 Å². The first-order valence-electron chi connectivity index (χ1n) is 6.93. The third-order valence-electron chi connectivity index (χ3n) is 3.70. The van der Waals surface area contributed by atoms with Crippen LogP contribution in [0.25, 0.3) is 0 Å². The molecule has 0 aromatic heterocycles. The average molecular weight is 292 g/mol. The molecule has 1 aliphatic heterocycles. The van der Waals surface area contributed by atoms with E-state index in [1.807, 2.05) is 7.05 Å². The third-order valence-corrected chi connectivity index (χ3v) is 3.70. The van der Waals surface area contributed by atoms with Gasteiger partial charge in [-0.3, -0.25) is 14.9 Å². The molecule has 0 spiro atoms. The Kier molecular flexibility index (Phi) is 4.42. The van der Waals surface area contributed by atoms with E-state index in [2.05, 4.69) is 29.4 Å². The molecule has 114 valence electrons. The zero-order valence-electron chi connectivity index (χ0n) is 12.5. The largest absolute Gasteiger partial charge is 0.378 e. The van der Waals surface area contributed by atoms with Gasteiger partial charge in [-0.15, -0.1) is 0 Å². The fraction of sp³-hybridized carbons (Fsp3) is 0.500. The summed E-state index contributed by atoms with van der Waals surface area (Å²) in [4.78, 5) is 24.2. The maximum atomic E-state index is 11.4. The van der Waals surface area contributed by atoms with Crippen LogP contribution in [0.15, 0.2) is 12.1 Å². The van der Waals surface area contributed by atoms with Gasteiger partial charge in [-0.25, -0.2) is 0 Å². The maximum Gasteiger partial charge on any atom is 0.292 e. The van der Waals surface area contributed by atoms with Crippen molar-refractivity contribution in [3.63, 3.8) is 0 Å². The van der Waals surface area contributed by atoms with Gasteiger partial charge in [0.05, 0.1) is 11.3 Å². The van der Waals surface area contributed by atoms with Crippen molar-refractivity contribution in [2.45, 2.75) is 26.3 Å². The van der Waals surface area contributed by atoms with Gasteiger partial charge in [0.1, 0.15) is 5.69 Å². The highest BCUT2D eigenvalue weighted by atomic mass is 16.6. The molecule has 0 saturated heterocycles. The zero-order valence-corrected chi connectivity index (χ0v) is 12.5. The zero-order chi connectivity index (χ0) is 15.6. The number of hydrogen-bond acceptors (Lipinski definition) is 5. The normalized spacial score (nSPS) is 13.5. The summed E-state index contributed by atoms with van der Waals surface area (Å²) in [6, 6.07) is 3.54. The lowest BCUT2D eigenvalue weighted by molar-refractivity contribution is -0.384. The van der Waals surface area contributed by atoms with Crippen molar-refractivity contribution < 1.29 is 9.72 Å². The van der Waals surface area contributed by atoms with Crippen molar-refractivity contribution in [2.24, 2.45) is 0 Å². The Labute approximate surface area is 123 Å². The lowest BCUT2D eigenvalue weighted by atomic mass is 10.1. The van der Waals surface area contributed by atoms with Crippen LogP contribution in [0.3, 0.4) is 0 Å². The molecule has 7 nitrogen and oxygen atoms in total. The summed E-state index contributed by atoms with van der Waals surface area (Å²) in [6.07, 6.45) is 0.201. The van der Waals surface area contributed by atoms with Crippen molar-refractivity contribution >= 4 is 23.0 Å². The third kappa shape index (κ3) is 3.49. The minimum atomic E-state index is -0.419. The van der Waals surface area contributed by atoms with Crippen molar-refractivity contribution in [3.8, 4) is 0 Å². The number of carbonyl (C=O) groups is 1. The maximum absolute atomic E-state index is 11.4. The second-order valence-electron chi connectivity index (χ2n) is 5.51. The van der Waals surface area contributed by atoms with Gasteiger partial charge < -0.3 is 15.5 Å². The predicted molar refractivity (Wildman–Crippen MR) is 81.7 cm³/mol. The first kappa shape index (κ1) is 15.2. The molecule has 0 atom stereocenters. The highest BCUT2D eigenvalue weighted by molar-refractivity contribution is 6.00. The van der Waals surface area contributed by atoms with E-state index in [9.17, 15) is 14.9 Å². The van der Waals surface area contributed by atoms with Gasteiger partial charge in [-0.2, -0.15) is 0 Å². The number of fused-ring (bicyclic) bond motifs is 1. The van der Waals surface area contributed by atoms with Gasteiger partial charge in [-0.05, 0) is 32.5 Å². The summed E-state index contributed by atoms with van der Waals surface area (Å²) in [7, 11) is 2.00. The fourth-order valence-corrected chi connectivity index (χ4v) is 2.18. The molecule has 1 aromatic carbocycles. The predicted octanol–water partition coefficient (Wildman–Crippen LogP) is 1.84. The number of nitro groups is 1. The highest BCUT2D eigenvalue weighted by Gasteiger charge is 2.24. The van der Waals surface area contributed by atoms with Crippen molar-refractivity contribution in [1.29, 1.82) is 0 Å². The van der Waals surface area contributed by atoms with Gasteiger partial charge in [0.2, 0.25) is 5.91 Å². The Morgan fingerprint density at radius 3 is 2.81 bits per heavy atom. The number of nitro benzene ring substituents is 1. The molecule has 2 N–H and O–H groups in total. The Morgan fingerprint density at radius 2 is 2.19 bits per heavy atom. The summed E-state index contributed by atoms with van der Waals surface area (Å²) in [5.74, 6) is -0.129. The monoisotopic (exact) mass is 292 g/mol. The van der Waals surface area contributed by atoms with Crippen molar-refractivity contribution in [3.05, 3.63) is 27.8 Å². The van der Waals surface area contributed by atoms with Crippen LogP contribution in [0.2, 0.25) is 0 Å². The van der Waals surface area contributed by atoms with Crippen LogP contribution in [0.5, 0.6) is 0 Å². The SMILES string of the molecule is CC(C)N(C)CCNc1cc2c(cc1[N+](=O)[O-])CC(=O)N2. The number of anilines is 2. The molecule has 0 aliphatic carbocycles. The van der Waals surface area contributed by atoms with Crippen LogP contribution >= 0.6 is 0 Å². The minimum absolute atomic E-state index is 0.0115. The molecule has 7 heteroatoms. The lowest BCUT2D eigenvalue weighted by Crippen LogP contribution is -2.31. The van der Waals surface area contributed by atoms with Crippen LogP contribution in [0, 0.1) is 10.1 Å². The summed E-state index contributed by atoms with van der Waals surface area (Å²) >= 11 is 0. The average Bonchev–Trinajstić information content (AvgIpc) is 2.76. The fourth-order valence-electron chi connectivity index (χ4n) is 2.18. The second kappa shape index (κ2) is 6.09. The van der Waals surface area contributed by atoms with E-state index in [0.29, 0.717) is 29.5 Å². The van der Waals surface area contributed by atoms with E-state index < -0.39 is 4.92 Å². The topological polar surface area (TPSA) is 87.5 Å². The molecule has 0 radical (unpaired) electrons. The molecule has 21 heavy (non-hydrogen) atoms. The van der Waals surface area contributed by atoms with Crippen LogP contribution in [-0.2, 0) is 11.2 Å². The van der Waals surface area contributed by atoms with Gasteiger partial charge in [-0.1, -0.05) is 0 Å². The van der Waals surface area contributed by atoms with E-state index >= 15 is 0 Å². The quantitative estimate of drug-likeness (QED) is 0.617. The van der Waals surface area contributed by atoms with Gasteiger partial charge in [0.25, 0.3) is 5.69 Å². The molecule has 1 aliphatic rings. The molecular formula is C14H20N4O3. The Bertz CT molecular complexity index is 572. The number of likely N-dealkylation sites (N-methyl/N-ethyl adjacent to an activating group) is 1. The number of nitrogens with zero attached hydrogens (tertiary/aromatic N) is 2. The Balaban J connectivity index is 2.13. The number of amides is 1. The molecule has 1 amide bonds. The molecule has 1 aromatic rings. The first-order valence-corrected chi connectivity index (χ1v) is 6.93. The molecule has 0 saturated carbocycles. The summed E-state index contributed by atoms with van der Waals surface area (Å²) in [5, 5.41) is 17.0. The lowest BCUT2D eigenvalue weighted by Gasteiger charge is -2.21.